The number of hydrogen-bond donors (Lipinski definition) is 0. The predicted octanol–water partition coefficient (Wildman–Crippen LogP) is 2.33. The summed E-state index contributed by atoms with van der Waals surface area (Å²) < 4.78 is 12.8. The van der Waals surface area contributed by atoms with Gasteiger partial charge < -0.3 is 0 Å². The SMILES string of the molecule is O=C1C=C(Cl)C(=O)c2ccc(F)cc21. The number of halogens is 2. The summed E-state index contributed by atoms with van der Waals surface area (Å²) in [5.74, 6) is -1.43. The summed E-state index contributed by atoms with van der Waals surface area (Å²) in [5, 5.41) is -0.130. The van der Waals surface area contributed by atoms with Gasteiger partial charge in [-0.25, -0.2) is 4.39 Å². The van der Waals surface area contributed by atoms with Gasteiger partial charge in [0.15, 0.2) is 5.78 Å². The van der Waals surface area contributed by atoms with Gasteiger partial charge in [-0.2, -0.15) is 0 Å². The molecule has 0 unspecified atom stereocenters. The highest BCUT2D eigenvalue weighted by atomic mass is 35.5. The van der Waals surface area contributed by atoms with E-state index in [4.69, 9.17) is 11.6 Å². The molecule has 0 aliphatic heterocycles. The number of ketones is 2. The van der Waals surface area contributed by atoms with E-state index < -0.39 is 17.4 Å². The predicted molar refractivity (Wildman–Crippen MR) is 49.0 cm³/mol. The maximum atomic E-state index is 12.8. The first-order chi connectivity index (χ1) is 6.59. The minimum absolute atomic E-state index is 0.0689. The van der Waals surface area contributed by atoms with Crippen molar-refractivity contribution in [1.82, 2.24) is 0 Å². The molecule has 2 rings (SSSR count). The molecule has 0 atom stereocenters. The first kappa shape index (κ1) is 9.09. The maximum absolute atomic E-state index is 12.8. The number of hydrogen-bond acceptors (Lipinski definition) is 2. The summed E-state index contributed by atoms with van der Waals surface area (Å²) in [5.41, 5.74) is 0.225. The highest BCUT2D eigenvalue weighted by Gasteiger charge is 2.24. The van der Waals surface area contributed by atoms with Crippen LogP contribution >= 0.6 is 11.6 Å². The highest BCUT2D eigenvalue weighted by Crippen LogP contribution is 2.23. The summed E-state index contributed by atoms with van der Waals surface area (Å²) in [4.78, 5) is 22.7. The van der Waals surface area contributed by atoms with Crippen molar-refractivity contribution < 1.29 is 14.0 Å². The Morgan fingerprint density at radius 3 is 2.57 bits per heavy atom. The fourth-order valence-electron chi connectivity index (χ4n) is 1.31. The lowest BCUT2D eigenvalue weighted by atomic mass is 9.95. The molecule has 1 aliphatic carbocycles. The fourth-order valence-corrected chi connectivity index (χ4v) is 1.51. The molecule has 2 nitrogen and oxygen atoms in total. The standard InChI is InChI=1S/C10H4ClFO2/c11-8-4-9(13)7-3-5(12)1-2-6(7)10(8)14/h1-4H. The van der Waals surface area contributed by atoms with Crippen LogP contribution in [0.15, 0.2) is 29.3 Å². The highest BCUT2D eigenvalue weighted by molar-refractivity contribution is 6.48. The average molecular weight is 211 g/mol. The van der Waals surface area contributed by atoms with Crippen LogP contribution in [0.4, 0.5) is 4.39 Å². The molecule has 0 saturated carbocycles. The molecule has 0 aromatic heterocycles. The van der Waals surface area contributed by atoms with Crippen LogP contribution in [0.5, 0.6) is 0 Å². The fraction of sp³-hybridized carbons (Fsp3) is 0. The van der Waals surface area contributed by atoms with Gasteiger partial charge in [0.25, 0.3) is 0 Å². The van der Waals surface area contributed by atoms with Crippen LogP contribution in [-0.2, 0) is 0 Å². The Kier molecular flexibility index (Phi) is 1.97. The van der Waals surface area contributed by atoms with E-state index in [1.165, 1.54) is 6.07 Å². The third-order valence-corrected chi connectivity index (χ3v) is 2.25. The Labute approximate surface area is 84.0 Å². The summed E-state index contributed by atoms with van der Waals surface area (Å²) in [6.45, 7) is 0. The van der Waals surface area contributed by atoms with Crippen LogP contribution in [0.2, 0.25) is 0 Å². The minimum Gasteiger partial charge on any atom is -0.289 e. The molecule has 1 aliphatic rings. The van der Waals surface area contributed by atoms with Crippen molar-refractivity contribution in [2.24, 2.45) is 0 Å². The Bertz CT molecular complexity index is 477. The molecular formula is C10H4ClFO2. The van der Waals surface area contributed by atoms with Gasteiger partial charge in [0.2, 0.25) is 5.78 Å². The third kappa shape index (κ3) is 1.26. The zero-order valence-electron chi connectivity index (χ0n) is 6.88. The number of Topliss-reactive ketones (excluding diaryl/α,β-unsaturated/α-hetero) is 1. The molecule has 0 bridgehead atoms. The van der Waals surface area contributed by atoms with Crippen molar-refractivity contribution in [1.29, 1.82) is 0 Å². The second-order valence-electron chi connectivity index (χ2n) is 2.88. The zero-order chi connectivity index (χ0) is 10.3. The molecule has 0 radical (unpaired) electrons. The molecular weight excluding hydrogens is 207 g/mol. The summed E-state index contributed by atoms with van der Waals surface area (Å²) in [7, 11) is 0. The van der Waals surface area contributed by atoms with Crippen molar-refractivity contribution in [3.8, 4) is 0 Å². The molecule has 0 amide bonds. The van der Waals surface area contributed by atoms with Gasteiger partial charge in [-0.3, -0.25) is 9.59 Å². The van der Waals surface area contributed by atoms with Crippen LogP contribution in [-0.4, -0.2) is 11.6 Å². The number of benzene rings is 1. The molecule has 0 heterocycles. The third-order valence-electron chi connectivity index (χ3n) is 1.97. The van der Waals surface area contributed by atoms with E-state index in [-0.39, 0.29) is 16.2 Å². The second kappa shape index (κ2) is 3.03. The van der Waals surface area contributed by atoms with Crippen molar-refractivity contribution >= 4 is 23.2 Å². The van der Waals surface area contributed by atoms with Crippen LogP contribution < -0.4 is 0 Å². The van der Waals surface area contributed by atoms with Gasteiger partial charge in [0.1, 0.15) is 5.82 Å². The summed E-state index contributed by atoms with van der Waals surface area (Å²) in [6, 6.07) is 3.43. The lowest BCUT2D eigenvalue weighted by molar-refractivity contribution is 0.0990. The van der Waals surface area contributed by atoms with E-state index in [9.17, 15) is 14.0 Å². The van der Waals surface area contributed by atoms with Gasteiger partial charge in [0.05, 0.1) is 5.03 Å². The first-order valence-corrected chi connectivity index (χ1v) is 4.23. The van der Waals surface area contributed by atoms with E-state index in [1.54, 1.807) is 0 Å². The molecule has 0 fully saturated rings. The number of rotatable bonds is 0. The number of carbonyl (C=O) groups is 2. The van der Waals surface area contributed by atoms with Crippen molar-refractivity contribution in [2.45, 2.75) is 0 Å². The average Bonchev–Trinajstić information content (AvgIpc) is 2.14. The number of fused-ring (bicyclic) bond motifs is 1. The van der Waals surface area contributed by atoms with Gasteiger partial charge in [0, 0.05) is 17.2 Å². The molecule has 0 N–H and O–H groups in total. The lowest BCUT2D eigenvalue weighted by Crippen LogP contribution is -2.14. The smallest absolute Gasteiger partial charge is 0.205 e. The monoisotopic (exact) mass is 210 g/mol. The van der Waals surface area contributed by atoms with E-state index in [1.807, 2.05) is 0 Å². The molecule has 4 heteroatoms. The normalized spacial score (nSPS) is 15.1. The van der Waals surface area contributed by atoms with Gasteiger partial charge in [-0.1, -0.05) is 11.6 Å². The Balaban J connectivity index is 2.69. The molecule has 0 saturated heterocycles. The Morgan fingerprint density at radius 2 is 1.86 bits per heavy atom. The summed E-state index contributed by atoms with van der Waals surface area (Å²) >= 11 is 5.53. The molecule has 1 aromatic rings. The maximum Gasteiger partial charge on any atom is 0.205 e. The quantitative estimate of drug-likeness (QED) is 0.659. The van der Waals surface area contributed by atoms with Gasteiger partial charge in [-0.05, 0) is 18.2 Å². The minimum atomic E-state index is -0.545. The Morgan fingerprint density at radius 1 is 1.14 bits per heavy atom. The number of allylic oxidation sites excluding steroid dienone is 2. The van der Waals surface area contributed by atoms with Crippen molar-refractivity contribution in [3.63, 3.8) is 0 Å². The van der Waals surface area contributed by atoms with E-state index in [2.05, 4.69) is 0 Å². The molecule has 70 valence electrons. The second-order valence-corrected chi connectivity index (χ2v) is 3.28. The molecule has 0 spiro atoms. The molecule has 1 aromatic carbocycles. The zero-order valence-corrected chi connectivity index (χ0v) is 7.64. The van der Waals surface area contributed by atoms with Crippen LogP contribution in [0.1, 0.15) is 20.7 Å². The van der Waals surface area contributed by atoms with Gasteiger partial charge in [-0.15, -0.1) is 0 Å². The number of carbonyl (C=O) groups excluding carboxylic acids is 2. The van der Waals surface area contributed by atoms with Crippen LogP contribution in [0.3, 0.4) is 0 Å². The topological polar surface area (TPSA) is 34.1 Å². The van der Waals surface area contributed by atoms with Gasteiger partial charge >= 0.3 is 0 Å². The Hall–Kier alpha value is -1.48. The van der Waals surface area contributed by atoms with Crippen LogP contribution in [0.25, 0.3) is 0 Å². The largest absolute Gasteiger partial charge is 0.289 e. The summed E-state index contributed by atoms with van der Waals surface area (Å²) in [6.07, 6.45) is 1.01. The van der Waals surface area contributed by atoms with Crippen molar-refractivity contribution in [2.75, 3.05) is 0 Å². The van der Waals surface area contributed by atoms with Crippen LogP contribution in [0, 0.1) is 5.82 Å². The van der Waals surface area contributed by atoms with E-state index in [0.717, 1.165) is 18.2 Å². The van der Waals surface area contributed by atoms with E-state index >= 15 is 0 Å². The van der Waals surface area contributed by atoms with Crippen molar-refractivity contribution in [3.05, 3.63) is 46.3 Å². The first-order valence-electron chi connectivity index (χ1n) is 3.85. The van der Waals surface area contributed by atoms with E-state index in [0.29, 0.717) is 0 Å². The lowest BCUT2D eigenvalue weighted by Gasteiger charge is -2.10. The molecule has 14 heavy (non-hydrogen) atoms.